The summed E-state index contributed by atoms with van der Waals surface area (Å²) in [5.74, 6) is 11.3. The molecule has 0 radical (unpaired) electrons. The second-order valence-electron chi connectivity index (χ2n) is 1.72. The van der Waals surface area contributed by atoms with E-state index in [1.165, 1.54) is 0 Å². The van der Waals surface area contributed by atoms with Crippen LogP contribution in [0.5, 0.6) is 0 Å². The van der Waals surface area contributed by atoms with Crippen LogP contribution in [0.2, 0.25) is 0 Å². The highest BCUT2D eigenvalue weighted by molar-refractivity contribution is 15.0. The molecule has 0 aromatic rings. The van der Waals surface area contributed by atoms with Crippen molar-refractivity contribution in [3.8, 4) is 23.7 Å². The average molecular weight is 501 g/mol. The van der Waals surface area contributed by atoms with Crippen LogP contribution in [0.1, 0.15) is 13.3 Å². The Labute approximate surface area is 112 Å². The van der Waals surface area contributed by atoms with E-state index < -0.39 is 0 Å². The second-order valence-corrected chi connectivity index (χ2v) is 3.37. The van der Waals surface area contributed by atoms with Crippen molar-refractivity contribution in [2.24, 2.45) is 0 Å². The quantitative estimate of drug-likeness (QED) is 0.303. The lowest BCUT2D eigenvalue weighted by Gasteiger charge is -1.96. The van der Waals surface area contributed by atoms with E-state index in [0.717, 1.165) is 13.0 Å². The molecule has 0 aromatic carbocycles. The predicted octanol–water partition coefficient (Wildman–Crippen LogP) is 3.46. The first-order chi connectivity index (χ1) is 5.77. The number of nitrogens with zero attached hydrogens (tertiary/aromatic N) is 1. The first-order valence-electron chi connectivity index (χ1n) is 3.24. The maximum Gasteiger partial charge on any atom is 0.0700 e. The Bertz CT molecular complexity index is 192. The van der Waals surface area contributed by atoms with Crippen LogP contribution >= 0.6 is 60.1 Å². The number of halogens is 3. The van der Waals surface area contributed by atoms with Crippen molar-refractivity contribution in [1.29, 1.82) is 0 Å². The van der Waals surface area contributed by atoms with Gasteiger partial charge in [0, 0.05) is 66.5 Å². The lowest BCUT2D eigenvalue weighted by Crippen LogP contribution is -2.01. The summed E-state index contributed by atoms with van der Waals surface area (Å²) in [4.78, 5) is 0. The number of rotatable bonds is 1. The second kappa shape index (κ2) is 14.8. The fourth-order valence-corrected chi connectivity index (χ4v) is 0.496. The Hall–Kier alpha value is 1.27. The van der Waals surface area contributed by atoms with E-state index in [2.05, 4.69) is 83.8 Å². The summed E-state index contributed by atoms with van der Waals surface area (Å²) in [5, 5.41) is 0. The molecule has 0 aromatic heterocycles. The van der Waals surface area contributed by atoms with Crippen molar-refractivity contribution < 1.29 is 0 Å². The van der Waals surface area contributed by atoms with Crippen LogP contribution in [0.4, 0.5) is 0 Å². The third-order valence-electron chi connectivity index (χ3n) is 0.713. The van der Waals surface area contributed by atoms with Gasteiger partial charge < -0.3 is 0 Å². The third-order valence-corrected chi connectivity index (χ3v) is 1.05. The maximum absolute atomic E-state index is 2.91. The largest absolute Gasteiger partial charge is 0.239 e. The molecule has 0 rings (SSSR count). The zero-order valence-corrected chi connectivity index (χ0v) is 13.5. The molecule has 4 heteroatoms. The Kier molecular flexibility index (Phi) is 19.4. The zero-order valence-electron chi connectivity index (χ0n) is 7.00. The van der Waals surface area contributed by atoms with Gasteiger partial charge in [-0.1, -0.05) is 18.8 Å². The van der Waals surface area contributed by atoms with Crippen molar-refractivity contribution in [1.82, 2.24) is 3.11 Å². The molecule has 0 saturated carbocycles. The summed E-state index contributed by atoms with van der Waals surface area (Å²) in [6.07, 6.45) is 0.884. The molecule has 1 nitrogen and oxygen atoms in total. The Morgan fingerprint density at radius 2 is 1.67 bits per heavy atom. The van der Waals surface area contributed by atoms with Crippen molar-refractivity contribution in [2.75, 3.05) is 13.6 Å². The summed E-state index contributed by atoms with van der Waals surface area (Å²) < 4.78 is 1.98. The molecule has 0 bridgehead atoms. The van der Waals surface area contributed by atoms with Crippen LogP contribution in [0.25, 0.3) is 0 Å². The smallest absolute Gasteiger partial charge is 0.0700 e. The monoisotopic (exact) mass is 501 g/mol. The Morgan fingerprint density at radius 3 is 2.08 bits per heavy atom. The average Bonchev–Trinajstić information content (AvgIpc) is 2.07. The van der Waals surface area contributed by atoms with Gasteiger partial charge in [0.15, 0.2) is 0 Å². The van der Waals surface area contributed by atoms with Crippen molar-refractivity contribution >= 4 is 60.1 Å². The maximum atomic E-state index is 2.91. The lowest BCUT2D eigenvalue weighted by molar-refractivity contribution is 0.699. The summed E-state index contributed by atoms with van der Waals surface area (Å²) in [5.41, 5.74) is 0. The van der Waals surface area contributed by atoms with Crippen LogP contribution in [-0.4, -0.2) is 16.7 Å². The molecule has 68 valence electrons. The fraction of sp³-hybridized carbons (Fsp3) is 0.500. The topological polar surface area (TPSA) is 3.24 Å². The predicted molar refractivity (Wildman–Crippen MR) is 80.5 cm³/mol. The molecule has 0 spiro atoms. The molecule has 0 N–H and O–H groups in total. The normalized spacial score (nSPS) is 6.83. The van der Waals surface area contributed by atoms with Crippen LogP contribution in [-0.2, 0) is 0 Å². The highest BCUT2D eigenvalue weighted by Gasteiger charge is 1.80. The first-order valence-corrected chi connectivity index (χ1v) is 10.5. The first kappa shape index (κ1) is 15.7. The summed E-state index contributed by atoms with van der Waals surface area (Å²) in [6, 6.07) is 0. The van der Waals surface area contributed by atoms with Gasteiger partial charge in [-0.15, -0.1) is 0 Å². The van der Waals surface area contributed by atoms with E-state index in [1.807, 2.05) is 17.1 Å². The number of hydrogen-bond donors (Lipinski definition) is 0. The molecule has 12 heavy (non-hydrogen) atoms. The molecular weight excluding hydrogens is 491 g/mol. The van der Waals surface area contributed by atoms with Gasteiger partial charge in [0.05, 0.1) is 6.54 Å². The van der Waals surface area contributed by atoms with E-state index in [1.54, 1.807) is 0 Å². The summed E-state index contributed by atoms with van der Waals surface area (Å²) in [6.45, 7) is 2.79. The van der Waals surface area contributed by atoms with Crippen LogP contribution in [0.15, 0.2) is 0 Å². The zero-order chi connectivity index (χ0) is 9.82. The SMILES string of the molecule is CCC#CC#CCN(C)I.II. The minimum Gasteiger partial charge on any atom is -0.239 e. The van der Waals surface area contributed by atoms with Gasteiger partial charge in [0.1, 0.15) is 0 Å². The molecule has 0 amide bonds. The third kappa shape index (κ3) is 17.4. The highest BCUT2D eigenvalue weighted by Crippen LogP contribution is 1.89. The molecule has 0 fully saturated rings. The molecular formula is C8H10I3N. The van der Waals surface area contributed by atoms with Gasteiger partial charge in [-0.25, -0.2) is 3.11 Å². The van der Waals surface area contributed by atoms with Gasteiger partial charge in [-0.05, 0) is 18.9 Å². The van der Waals surface area contributed by atoms with Crippen molar-refractivity contribution in [3.63, 3.8) is 0 Å². The molecule has 0 aliphatic carbocycles. The van der Waals surface area contributed by atoms with Crippen molar-refractivity contribution in [3.05, 3.63) is 0 Å². The Morgan fingerprint density at radius 1 is 1.17 bits per heavy atom. The minimum atomic E-state index is 0.777. The minimum absolute atomic E-state index is 0.777. The van der Waals surface area contributed by atoms with E-state index in [0.29, 0.717) is 0 Å². The van der Waals surface area contributed by atoms with Gasteiger partial charge in [-0.3, -0.25) is 0 Å². The van der Waals surface area contributed by atoms with Gasteiger partial charge in [0.2, 0.25) is 0 Å². The molecule has 0 aliphatic heterocycles. The molecule has 0 aliphatic rings. The van der Waals surface area contributed by atoms with E-state index >= 15 is 0 Å². The Balaban J connectivity index is 0. The van der Waals surface area contributed by atoms with Crippen LogP contribution in [0.3, 0.4) is 0 Å². The standard InChI is InChI=1S/C8H10IN.I2/c1-3-4-5-6-7-8-10(2)9;1-2/h3,8H2,1-2H3;. The van der Waals surface area contributed by atoms with Gasteiger partial charge in [-0.2, -0.15) is 0 Å². The van der Waals surface area contributed by atoms with Crippen LogP contribution < -0.4 is 0 Å². The van der Waals surface area contributed by atoms with E-state index in [9.17, 15) is 0 Å². The summed E-state index contributed by atoms with van der Waals surface area (Å²) in [7, 11) is 1.97. The number of hydrogen-bond acceptors (Lipinski definition) is 1. The molecule has 0 atom stereocenters. The van der Waals surface area contributed by atoms with Crippen molar-refractivity contribution in [2.45, 2.75) is 13.3 Å². The molecule has 0 heterocycles. The molecule has 0 unspecified atom stereocenters. The van der Waals surface area contributed by atoms with Gasteiger partial charge >= 0.3 is 0 Å². The molecule has 0 saturated heterocycles. The fourth-order valence-electron chi connectivity index (χ4n) is 0.325. The highest BCUT2D eigenvalue weighted by atomic mass is 128. The van der Waals surface area contributed by atoms with Gasteiger partial charge in [0.25, 0.3) is 0 Å². The lowest BCUT2D eigenvalue weighted by atomic mass is 10.4. The van der Waals surface area contributed by atoms with E-state index in [-0.39, 0.29) is 0 Å². The summed E-state index contributed by atoms with van der Waals surface area (Å²) >= 11 is 6.43. The van der Waals surface area contributed by atoms with E-state index in [4.69, 9.17) is 0 Å². The van der Waals surface area contributed by atoms with Crippen LogP contribution in [0, 0.1) is 23.7 Å².